The van der Waals surface area contributed by atoms with Crippen LogP contribution in [0.1, 0.15) is 15.9 Å². The van der Waals surface area contributed by atoms with Gasteiger partial charge in [-0.1, -0.05) is 23.7 Å². The molecule has 11 heteroatoms. The molecule has 0 atom stereocenters. The molecule has 166 valence electrons. The molecular weight excluding hydrogens is 463 g/mol. The summed E-state index contributed by atoms with van der Waals surface area (Å²) in [4.78, 5) is 23.6. The number of carbonyl (C=O) groups is 1. The van der Waals surface area contributed by atoms with Gasteiger partial charge in [0, 0.05) is 41.9 Å². The van der Waals surface area contributed by atoms with Gasteiger partial charge in [0.2, 0.25) is 0 Å². The summed E-state index contributed by atoms with van der Waals surface area (Å²) in [5.41, 5.74) is -0.0123. The molecule has 3 aromatic carbocycles. The summed E-state index contributed by atoms with van der Waals surface area (Å²) in [6.07, 6.45) is 0. The average molecular weight is 479 g/mol. The predicted octanol–water partition coefficient (Wildman–Crippen LogP) is 4.43. The third-order valence-electron chi connectivity index (χ3n) is 4.43. The molecule has 0 aliphatic heterocycles. The van der Waals surface area contributed by atoms with E-state index in [0.717, 1.165) is 12.1 Å². The molecule has 0 saturated heterocycles. The summed E-state index contributed by atoms with van der Waals surface area (Å²) in [5.74, 6) is -1.07. The Labute approximate surface area is 188 Å². The second-order valence-corrected chi connectivity index (χ2v) is 8.63. The summed E-state index contributed by atoms with van der Waals surface area (Å²) in [6.45, 7) is -0.0657. The molecule has 0 unspecified atom stereocenters. The minimum atomic E-state index is -4.33. The Bertz CT molecular complexity index is 1260. The molecule has 0 bridgehead atoms. The van der Waals surface area contributed by atoms with Crippen LogP contribution in [-0.2, 0) is 16.7 Å². The molecule has 8 nitrogen and oxygen atoms in total. The van der Waals surface area contributed by atoms with Crippen molar-refractivity contribution in [3.05, 3.63) is 98.8 Å². The van der Waals surface area contributed by atoms with Gasteiger partial charge >= 0.3 is 10.1 Å². The van der Waals surface area contributed by atoms with Crippen LogP contribution in [0.5, 0.6) is 5.75 Å². The molecule has 0 radical (unpaired) electrons. The Morgan fingerprint density at radius 1 is 1.12 bits per heavy atom. The molecule has 0 fully saturated rings. The first kappa shape index (κ1) is 23.2. The van der Waals surface area contributed by atoms with Crippen molar-refractivity contribution in [2.24, 2.45) is 0 Å². The number of non-ortho nitro benzene ring substituents is 1. The Balaban J connectivity index is 1.73. The number of hydrogen-bond donors (Lipinski definition) is 0. The van der Waals surface area contributed by atoms with Crippen LogP contribution in [0.4, 0.5) is 10.1 Å². The number of nitro benzene ring substituents is 1. The number of nitrogens with zero attached hydrogens (tertiary/aromatic N) is 2. The highest BCUT2D eigenvalue weighted by molar-refractivity contribution is 7.87. The lowest BCUT2D eigenvalue weighted by Crippen LogP contribution is -2.26. The van der Waals surface area contributed by atoms with Gasteiger partial charge in [-0.15, -0.1) is 0 Å². The molecular formula is C21H16ClFN2O6S. The first-order valence-corrected chi connectivity index (χ1v) is 10.8. The van der Waals surface area contributed by atoms with Crippen LogP contribution >= 0.6 is 11.6 Å². The molecule has 0 saturated carbocycles. The first-order chi connectivity index (χ1) is 15.1. The van der Waals surface area contributed by atoms with E-state index in [-0.39, 0.29) is 33.3 Å². The first-order valence-electron chi connectivity index (χ1n) is 9.06. The van der Waals surface area contributed by atoms with Crippen LogP contribution in [-0.4, -0.2) is 31.2 Å². The summed E-state index contributed by atoms with van der Waals surface area (Å²) < 4.78 is 43.8. The van der Waals surface area contributed by atoms with Gasteiger partial charge in [0.15, 0.2) is 0 Å². The van der Waals surface area contributed by atoms with Gasteiger partial charge in [-0.05, 0) is 42.5 Å². The Morgan fingerprint density at radius 3 is 2.41 bits per heavy atom. The molecule has 3 aromatic rings. The molecule has 1 amide bonds. The molecule has 0 aliphatic rings. The van der Waals surface area contributed by atoms with Crippen LogP contribution < -0.4 is 4.18 Å². The van der Waals surface area contributed by atoms with Gasteiger partial charge in [-0.3, -0.25) is 14.9 Å². The topological polar surface area (TPSA) is 107 Å². The number of hydrogen-bond acceptors (Lipinski definition) is 6. The van der Waals surface area contributed by atoms with Crippen LogP contribution in [0.2, 0.25) is 5.02 Å². The lowest BCUT2D eigenvalue weighted by molar-refractivity contribution is -0.385. The molecule has 0 N–H and O–H groups in total. The smallest absolute Gasteiger partial charge is 0.339 e. The fraction of sp³-hybridized carbons (Fsp3) is 0.0952. The number of amides is 1. The number of halogens is 2. The van der Waals surface area contributed by atoms with Crippen LogP contribution in [0, 0.1) is 15.9 Å². The normalized spacial score (nSPS) is 11.1. The van der Waals surface area contributed by atoms with Crippen molar-refractivity contribution in [3.8, 4) is 5.75 Å². The van der Waals surface area contributed by atoms with Gasteiger partial charge in [-0.2, -0.15) is 8.42 Å². The van der Waals surface area contributed by atoms with Crippen molar-refractivity contribution in [3.63, 3.8) is 0 Å². The third-order valence-corrected chi connectivity index (χ3v) is 6.03. The van der Waals surface area contributed by atoms with Gasteiger partial charge in [0.05, 0.1) is 4.92 Å². The fourth-order valence-electron chi connectivity index (χ4n) is 2.79. The number of carbonyl (C=O) groups excluding carboxylic acids is 1. The van der Waals surface area contributed by atoms with Crippen molar-refractivity contribution < 1.29 is 26.7 Å². The van der Waals surface area contributed by atoms with Crippen molar-refractivity contribution in [2.75, 3.05) is 7.05 Å². The third kappa shape index (κ3) is 5.21. The van der Waals surface area contributed by atoms with Gasteiger partial charge < -0.3 is 9.08 Å². The summed E-state index contributed by atoms with van der Waals surface area (Å²) in [7, 11) is -2.85. The van der Waals surface area contributed by atoms with E-state index in [4.69, 9.17) is 15.8 Å². The van der Waals surface area contributed by atoms with Crippen molar-refractivity contribution >= 4 is 33.3 Å². The molecule has 0 spiro atoms. The van der Waals surface area contributed by atoms with E-state index < -0.39 is 32.5 Å². The second kappa shape index (κ2) is 9.33. The maximum absolute atomic E-state index is 14.0. The highest BCUT2D eigenvalue weighted by atomic mass is 35.5. The maximum atomic E-state index is 14.0. The van der Waals surface area contributed by atoms with E-state index in [9.17, 15) is 27.7 Å². The lowest BCUT2D eigenvalue weighted by Gasteiger charge is -2.18. The van der Waals surface area contributed by atoms with Crippen molar-refractivity contribution in [2.45, 2.75) is 11.4 Å². The van der Waals surface area contributed by atoms with E-state index in [2.05, 4.69) is 0 Å². The maximum Gasteiger partial charge on any atom is 0.339 e. The summed E-state index contributed by atoms with van der Waals surface area (Å²) >= 11 is 6.00. The van der Waals surface area contributed by atoms with Crippen molar-refractivity contribution in [1.29, 1.82) is 0 Å². The molecule has 0 aromatic heterocycles. The zero-order chi connectivity index (χ0) is 23.5. The summed E-state index contributed by atoms with van der Waals surface area (Å²) in [5, 5.41) is 11.0. The molecule has 3 rings (SSSR count). The fourth-order valence-corrected chi connectivity index (χ4v) is 3.99. The zero-order valence-electron chi connectivity index (χ0n) is 16.6. The van der Waals surface area contributed by atoms with Crippen LogP contribution in [0.25, 0.3) is 0 Å². The van der Waals surface area contributed by atoms with E-state index in [1.54, 1.807) is 0 Å². The lowest BCUT2D eigenvalue weighted by atomic mass is 10.1. The Morgan fingerprint density at radius 2 is 1.78 bits per heavy atom. The standard InChI is InChI=1S/C21H16ClFN2O6S/c1-24(13-18-19(22)6-3-7-20(18)23)21(26)14-8-10-16(11-9-14)31-32(29,30)17-5-2-4-15(12-17)25(27)28/h2-12H,13H2,1H3. The second-order valence-electron chi connectivity index (χ2n) is 6.68. The quantitative estimate of drug-likeness (QED) is 0.282. The molecule has 0 heterocycles. The largest absolute Gasteiger partial charge is 0.379 e. The number of benzene rings is 3. The predicted molar refractivity (Wildman–Crippen MR) is 115 cm³/mol. The molecule has 0 aliphatic carbocycles. The van der Waals surface area contributed by atoms with E-state index in [0.29, 0.717) is 0 Å². The SMILES string of the molecule is CN(Cc1c(F)cccc1Cl)C(=O)c1ccc(OS(=O)(=O)c2cccc([N+](=O)[O-])c2)cc1. The van der Waals surface area contributed by atoms with Crippen LogP contribution in [0.3, 0.4) is 0 Å². The zero-order valence-corrected chi connectivity index (χ0v) is 18.1. The van der Waals surface area contributed by atoms with Gasteiger partial charge in [-0.25, -0.2) is 4.39 Å². The van der Waals surface area contributed by atoms with Crippen LogP contribution in [0.15, 0.2) is 71.6 Å². The monoisotopic (exact) mass is 478 g/mol. The molecule has 32 heavy (non-hydrogen) atoms. The minimum Gasteiger partial charge on any atom is -0.379 e. The van der Waals surface area contributed by atoms with E-state index in [1.807, 2.05) is 0 Å². The Hall–Kier alpha value is -3.50. The summed E-state index contributed by atoms with van der Waals surface area (Å²) in [6, 6.07) is 13.9. The minimum absolute atomic E-state index is 0.0657. The highest BCUT2D eigenvalue weighted by Gasteiger charge is 2.21. The van der Waals surface area contributed by atoms with E-state index >= 15 is 0 Å². The van der Waals surface area contributed by atoms with Crippen molar-refractivity contribution in [1.82, 2.24) is 4.90 Å². The Kier molecular flexibility index (Phi) is 6.75. The average Bonchev–Trinajstić information content (AvgIpc) is 2.76. The van der Waals surface area contributed by atoms with Gasteiger partial charge in [0.1, 0.15) is 16.5 Å². The van der Waals surface area contributed by atoms with E-state index in [1.165, 1.54) is 66.5 Å². The number of rotatable bonds is 7. The highest BCUT2D eigenvalue weighted by Crippen LogP contribution is 2.24. The number of nitro groups is 1. The van der Waals surface area contributed by atoms with Gasteiger partial charge in [0.25, 0.3) is 11.6 Å².